The van der Waals surface area contributed by atoms with Gasteiger partial charge in [-0.15, -0.1) is 0 Å². The Labute approximate surface area is 89.7 Å². The highest BCUT2D eigenvalue weighted by Crippen LogP contribution is 2.33. The third-order valence-electron chi connectivity index (χ3n) is 2.75. The smallest absolute Gasteiger partial charge is 0.178 e. The third kappa shape index (κ3) is 1.68. The quantitative estimate of drug-likeness (QED) is 0.784. The van der Waals surface area contributed by atoms with Gasteiger partial charge in [-0.05, 0) is 37.5 Å². The molecule has 15 heavy (non-hydrogen) atoms. The zero-order valence-electron chi connectivity index (χ0n) is 8.82. The molecule has 1 N–H and O–H groups in total. The maximum Gasteiger partial charge on any atom is 0.178 e. The zero-order chi connectivity index (χ0) is 11.3. The SMILES string of the molecule is CC(C)(O)c1cccc2c1CCS2(=O)=O. The highest BCUT2D eigenvalue weighted by molar-refractivity contribution is 7.91. The molecule has 0 atom stereocenters. The summed E-state index contributed by atoms with van der Waals surface area (Å²) in [5.41, 5.74) is 0.525. The Balaban J connectivity index is 2.70. The molecule has 0 bridgehead atoms. The second kappa shape index (κ2) is 3.06. The van der Waals surface area contributed by atoms with Crippen LogP contribution >= 0.6 is 0 Å². The van der Waals surface area contributed by atoms with Gasteiger partial charge < -0.3 is 5.11 Å². The Morgan fingerprint density at radius 1 is 1.33 bits per heavy atom. The molecule has 0 spiro atoms. The van der Waals surface area contributed by atoms with Crippen molar-refractivity contribution in [1.82, 2.24) is 0 Å². The molecule has 0 amide bonds. The van der Waals surface area contributed by atoms with E-state index in [9.17, 15) is 13.5 Å². The van der Waals surface area contributed by atoms with Gasteiger partial charge in [-0.1, -0.05) is 12.1 Å². The molecule has 1 aromatic rings. The Morgan fingerprint density at radius 3 is 2.60 bits per heavy atom. The number of hydrogen-bond acceptors (Lipinski definition) is 3. The Kier molecular flexibility index (Phi) is 2.17. The normalized spacial score (nSPS) is 18.9. The minimum atomic E-state index is -3.10. The van der Waals surface area contributed by atoms with Crippen molar-refractivity contribution in [2.75, 3.05) is 5.75 Å². The Morgan fingerprint density at radius 2 is 2.00 bits per heavy atom. The number of hydrogen-bond donors (Lipinski definition) is 1. The first-order valence-corrected chi connectivity index (χ1v) is 6.55. The van der Waals surface area contributed by atoms with Crippen LogP contribution in [0.25, 0.3) is 0 Å². The fourth-order valence-electron chi connectivity index (χ4n) is 2.03. The molecule has 2 rings (SSSR count). The van der Waals surface area contributed by atoms with Crippen LogP contribution in [0.5, 0.6) is 0 Å². The van der Waals surface area contributed by atoms with Crippen LogP contribution < -0.4 is 0 Å². The molecule has 0 unspecified atom stereocenters. The fraction of sp³-hybridized carbons (Fsp3) is 0.455. The van der Waals surface area contributed by atoms with E-state index in [4.69, 9.17) is 0 Å². The van der Waals surface area contributed by atoms with Crippen molar-refractivity contribution in [3.05, 3.63) is 29.3 Å². The van der Waals surface area contributed by atoms with Gasteiger partial charge in [-0.25, -0.2) is 8.42 Å². The molecule has 0 radical (unpaired) electrons. The standard InChI is InChI=1S/C11H14O3S/c1-11(2,12)9-4-3-5-10-8(9)6-7-15(10,13)14/h3-5,12H,6-7H2,1-2H3. The summed E-state index contributed by atoms with van der Waals surface area (Å²) in [4.78, 5) is 0.391. The van der Waals surface area contributed by atoms with E-state index in [2.05, 4.69) is 0 Å². The van der Waals surface area contributed by atoms with E-state index in [0.29, 0.717) is 11.3 Å². The number of benzene rings is 1. The highest BCUT2D eigenvalue weighted by atomic mass is 32.2. The van der Waals surface area contributed by atoms with E-state index in [1.165, 1.54) is 0 Å². The van der Waals surface area contributed by atoms with E-state index in [-0.39, 0.29) is 5.75 Å². The summed E-state index contributed by atoms with van der Waals surface area (Å²) in [7, 11) is -3.10. The van der Waals surface area contributed by atoms with Crippen molar-refractivity contribution in [3.63, 3.8) is 0 Å². The molecular weight excluding hydrogens is 212 g/mol. The zero-order valence-corrected chi connectivity index (χ0v) is 9.63. The average molecular weight is 226 g/mol. The highest BCUT2D eigenvalue weighted by Gasteiger charge is 2.31. The first-order valence-electron chi connectivity index (χ1n) is 4.90. The summed E-state index contributed by atoms with van der Waals surface area (Å²) in [5.74, 6) is 0.162. The lowest BCUT2D eigenvalue weighted by Crippen LogP contribution is -2.17. The van der Waals surface area contributed by atoms with Crippen molar-refractivity contribution in [1.29, 1.82) is 0 Å². The molecule has 0 aromatic heterocycles. The molecule has 1 aliphatic rings. The van der Waals surface area contributed by atoms with Crippen molar-refractivity contribution >= 4 is 9.84 Å². The predicted octanol–water partition coefficient (Wildman–Crippen LogP) is 1.24. The molecule has 0 saturated carbocycles. The molecule has 0 fully saturated rings. The second-order valence-corrected chi connectivity index (χ2v) is 6.49. The van der Waals surface area contributed by atoms with Crippen molar-refractivity contribution in [2.45, 2.75) is 30.8 Å². The van der Waals surface area contributed by atoms with Crippen LogP contribution in [-0.2, 0) is 21.9 Å². The molecule has 4 heteroatoms. The molecular formula is C11H14O3S. The van der Waals surface area contributed by atoms with Gasteiger partial charge in [0.15, 0.2) is 9.84 Å². The summed E-state index contributed by atoms with van der Waals surface area (Å²) in [6.07, 6.45) is 0.512. The van der Waals surface area contributed by atoms with Gasteiger partial charge in [0.25, 0.3) is 0 Å². The molecule has 0 aliphatic carbocycles. The Hall–Kier alpha value is -0.870. The average Bonchev–Trinajstić information content (AvgIpc) is 2.41. The lowest BCUT2D eigenvalue weighted by Gasteiger charge is -2.20. The lowest BCUT2D eigenvalue weighted by atomic mass is 9.92. The summed E-state index contributed by atoms with van der Waals surface area (Å²) in [6, 6.07) is 5.10. The summed E-state index contributed by atoms with van der Waals surface area (Å²) in [5, 5.41) is 9.93. The topological polar surface area (TPSA) is 54.4 Å². The molecule has 1 heterocycles. The van der Waals surface area contributed by atoms with E-state index in [1.807, 2.05) is 0 Å². The number of sulfone groups is 1. The Bertz CT molecular complexity index is 495. The van der Waals surface area contributed by atoms with E-state index >= 15 is 0 Å². The minimum absolute atomic E-state index is 0.162. The van der Waals surface area contributed by atoms with Crippen molar-refractivity contribution in [2.24, 2.45) is 0 Å². The van der Waals surface area contributed by atoms with Crippen molar-refractivity contribution < 1.29 is 13.5 Å². The van der Waals surface area contributed by atoms with Gasteiger partial charge >= 0.3 is 0 Å². The fourth-order valence-corrected chi connectivity index (χ4v) is 3.60. The molecule has 82 valence electrons. The first kappa shape index (κ1) is 10.6. The number of aliphatic hydroxyl groups is 1. The van der Waals surface area contributed by atoms with Crippen LogP contribution in [-0.4, -0.2) is 19.3 Å². The third-order valence-corrected chi connectivity index (χ3v) is 4.54. The lowest BCUT2D eigenvalue weighted by molar-refractivity contribution is 0.0775. The summed E-state index contributed by atoms with van der Waals surface area (Å²) >= 11 is 0. The van der Waals surface area contributed by atoms with E-state index in [1.54, 1.807) is 32.0 Å². The maximum atomic E-state index is 11.7. The molecule has 1 aromatic carbocycles. The van der Waals surface area contributed by atoms with Crippen LogP contribution in [0.2, 0.25) is 0 Å². The maximum absolute atomic E-state index is 11.7. The summed E-state index contributed by atoms with van der Waals surface area (Å²) < 4.78 is 23.3. The van der Waals surface area contributed by atoms with Gasteiger partial charge in [-0.3, -0.25) is 0 Å². The largest absolute Gasteiger partial charge is 0.386 e. The minimum Gasteiger partial charge on any atom is -0.386 e. The first-order chi connectivity index (χ1) is 6.82. The van der Waals surface area contributed by atoms with Gasteiger partial charge in [-0.2, -0.15) is 0 Å². The van der Waals surface area contributed by atoms with Crippen LogP contribution in [0, 0.1) is 0 Å². The van der Waals surface area contributed by atoms with Gasteiger partial charge in [0, 0.05) is 0 Å². The van der Waals surface area contributed by atoms with Gasteiger partial charge in [0.2, 0.25) is 0 Å². The van der Waals surface area contributed by atoms with Crippen molar-refractivity contribution in [3.8, 4) is 0 Å². The van der Waals surface area contributed by atoms with Crippen LogP contribution in [0.1, 0.15) is 25.0 Å². The van der Waals surface area contributed by atoms with Crippen LogP contribution in [0.4, 0.5) is 0 Å². The van der Waals surface area contributed by atoms with Gasteiger partial charge in [0.1, 0.15) is 0 Å². The van der Waals surface area contributed by atoms with Gasteiger partial charge in [0.05, 0.1) is 16.2 Å². The number of fused-ring (bicyclic) bond motifs is 1. The number of rotatable bonds is 1. The molecule has 3 nitrogen and oxygen atoms in total. The molecule has 1 aliphatic heterocycles. The predicted molar refractivity (Wildman–Crippen MR) is 57.4 cm³/mol. The van der Waals surface area contributed by atoms with E-state index in [0.717, 1.165) is 11.1 Å². The molecule has 0 saturated heterocycles. The second-order valence-electron chi connectivity index (χ2n) is 4.41. The van der Waals surface area contributed by atoms with E-state index < -0.39 is 15.4 Å². The van der Waals surface area contributed by atoms with Crippen LogP contribution in [0.3, 0.4) is 0 Å². The van der Waals surface area contributed by atoms with Crippen LogP contribution in [0.15, 0.2) is 23.1 Å². The monoisotopic (exact) mass is 226 g/mol. The summed E-state index contributed by atoms with van der Waals surface area (Å²) in [6.45, 7) is 3.35.